The highest BCUT2D eigenvalue weighted by molar-refractivity contribution is 6.45. The second kappa shape index (κ2) is 4.52. The predicted molar refractivity (Wildman–Crippen MR) is 89.3 cm³/mol. The maximum absolute atomic E-state index is 12.4. The number of allylic oxidation sites excluding steroid dienone is 3. The highest BCUT2D eigenvalue weighted by Gasteiger charge is 2.61. The lowest BCUT2D eigenvalue weighted by atomic mass is 9.45. The van der Waals surface area contributed by atoms with Crippen LogP contribution in [0.3, 0.4) is 0 Å². The summed E-state index contributed by atoms with van der Waals surface area (Å²) < 4.78 is 0. The second-order valence-electron chi connectivity index (χ2n) is 8.57. The highest BCUT2D eigenvalue weighted by atomic mass is 16.1. The Balaban J connectivity index is 1.78. The molecule has 4 aliphatic rings. The third kappa shape index (κ3) is 1.74. The Kier molecular flexibility index (Phi) is 2.96. The Morgan fingerprint density at radius 1 is 1.22 bits per heavy atom. The monoisotopic (exact) mass is 311 g/mol. The SMILES string of the molecule is C=C1C[C@@H]2[C@H](CC[C@]3(C)C(=O)CC[C@@H]23)[C@@]2(C)C=CC(=O)C(=N)C12. The number of hydrogen-bond acceptors (Lipinski definition) is 3. The summed E-state index contributed by atoms with van der Waals surface area (Å²) in [6.45, 7) is 8.64. The number of carbonyl (C=O) groups excluding carboxylic acids is 2. The van der Waals surface area contributed by atoms with Crippen molar-refractivity contribution in [1.82, 2.24) is 0 Å². The van der Waals surface area contributed by atoms with E-state index in [-0.39, 0.29) is 28.2 Å². The number of rotatable bonds is 0. The molecule has 23 heavy (non-hydrogen) atoms. The number of nitrogens with one attached hydrogen (secondary N) is 1. The van der Waals surface area contributed by atoms with E-state index >= 15 is 0 Å². The van der Waals surface area contributed by atoms with Crippen molar-refractivity contribution in [2.45, 2.75) is 46.0 Å². The summed E-state index contributed by atoms with van der Waals surface area (Å²) in [5.41, 5.74) is 0.916. The molecule has 0 amide bonds. The van der Waals surface area contributed by atoms with E-state index in [1.807, 2.05) is 0 Å². The number of ketones is 2. The number of carbonyl (C=O) groups is 2. The van der Waals surface area contributed by atoms with Gasteiger partial charge in [0.2, 0.25) is 0 Å². The molecular weight excluding hydrogens is 286 g/mol. The van der Waals surface area contributed by atoms with Crippen molar-refractivity contribution < 1.29 is 9.59 Å². The summed E-state index contributed by atoms with van der Waals surface area (Å²) in [4.78, 5) is 24.4. The average Bonchev–Trinajstić information content (AvgIpc) is 2.79. The largest absolute Gasteiger partial charge is 0.301 e. The maximum Gasteiger partial charge on any atom is 0.199 e. The van der Waals surface area contributed by atoms with Crippen molar-refractivity contribution in [3.8, 4) is 0 Å². The first kappa shape index (κ1) is 15.0. The van der Waals surface area contributed by atoms with Crippen molar-refractivity contribution in [3.05, 3.63) is 24.3 Å². The lowest BCUT2D eigenvalue weighted by Gasteiger charge is -2.58. The van der Waals surface area contributed by atoms with Crippen molar-refractivity contribution >= 4 is 17.3 Å². The zero-order chi connectivity index (χ0) is 16.6. The molecule has 0 heterocycles. The fraction of sp³-hybridized carbons (Fsp3) is 0.650. The molecule has 0 aromatic carbocycles. The minimum Gasteiger partial charge on any atom is -0.301 e. The van der Waals surface area contributed by atoms with Crippen molar-refractivity contribution in [2.75, 3.05) is 0 Å². The van der Waals surface area contributed by atoms with Crippen LogP contribution in [-0.2, 0) is 9.59 Å². The highest BCUT2D eigenvalue weighted by Crippen LogP contribution is 2.64. The molecule has 122 valence electrons. The lowest BCUT2D eigenvalue weighted by molar-refractivity contribution is -0.132. The molecule has 0 saturated heterocycles. The van der Waals surface area contributed by atoms with Crippen LogP contribution in [0, 0.1) is 39.9 Å². The second-order valence-corrected chi connectivity index (χ2v) is 8.57. The van der Waals surface area contributed by atoms with Crippen molar-refractivity contribution in [2.24, 2.45) is 34.5 Å². The van der Waals surface area contributed by atoms with Crippen LogP contribution in [0.15, 0.2) is 24.3 Å². The van der Waals surface area contributed by atoms with E-state index in [2.05, 4.69) is 26.5 Å². The molecule has 0 aliphatic heterocycles. The Bertz CT molecular complexity index is 675. The van der Waals surface area contributed by atoms with Crippen LogP contribution in [-0.4, -0.2) is 17.3 Å². The van der Waals surface area contributed by atoms with E-state index in [0.717, 1.165) is 37.7 Å². The zero-order valence-electron chi connectivity index (χ0n) is 14.0. The topological polar surface area (TPSA) is 58.0 Å². The zero-order valence-corrected chi connectivity index (χ0v) is 14.0. The maximum atomic E-state index is 12.4. The normalized spacial score (nSPS) is 49.0. The summed E-state index contributed by atoms with van der Waals surface area (Å²) in [7, 11) is 0. The molecule has 3 fully saturated rings. The molecule has 3 heteroatoms. The first-order valence-electron chi connectivity index (χ1n) is 8.82. The van der Waals surface area contributed by atoms with Crippen LogP contribution in [0.4, 0.5) is 0 Å². The summed E-state index contributed by atoms with van der Waals surface area (Å²) in [5, 5.41) is 8.28. The minimum atomic E-state index is -0.183. The van der Waals surface area contributed by atoms with Crippen molar-refractivity contribution in [1.29, 1.82) is 5.41 Å². The fourth-order valence-electron chi connectivity index (χ4n) is 6.41. The molecule has 0 bridgehead atoms. The van der Waals surface area contributed by atoms with Gasteiger partial charge in [0, 0.05) is 23.2 Å². The molecular formula is C20H25NO2. The number of hydrogen-bond donors (Lipinski definition) is 1. The first-order valence-corrected chi connectivity index (χ1v) is 8.82. The van der Waals surface area contributed by atoms with E-state index in [4.69, 9.17) is 5.41 Å². The molecule has 4 aliphatic carbocycles. The van der Waals surface area contributed by atoms with Gasteiger partial charge in [0.1, 0.15) is 5.78 Å². The molecule has 0 spiro atoms. The Morgan fingerprint density at radius 3 is 2.70 bits per heavy atom. The molecule has 0 aromatic heterocycles. The van der Waals surface area contributed by atoms with Crippen LogP contribution in [0.25, 0.3) is 0 Å². The molecule has 0 aromatic rings. The Hall–Kier alpha value is -1.51. The molecule has 1 unspecified atom stereocenters. The quantitative estimate of drug-likeness (QED) is 0.693. The van der Waals surface area contributed by atoms with E-state index in [1.54, 1.807) is 6.08 Å². The lowest BCUT2D eigenvalue weighted by Crippen LogP contribution is -2.55. The van der Waals surface area contributed by atoms with E-state index in [0.29, 0.717) is 23.5 Å². The van der Waals surface area contributed by atoms with Crippen LogP contribution in [0.1, 0.15) is 46.0 Å². The third-order valence-corrected chi connectivity index (χ3v) is 7.62. The van der Waals surface area contributed by atoms with Gasteiger partial charge in [-0.2, -0.15) is 0 Å². The van der Waals surface area contributed by atoms with Gasteiger partial charge in [0.15, 0.2) is 5.78 Å². The third-order valence-electron chi connectivity index (χ3n) is 7.62. The van der Waals surface area contributed by atoms with Gasteiger partial charge in [-0.15, -0.1) is 0 Å². The molecule has 3 saturated carbocycles. The van der Waals surface area contributed by atoms with Gasteiger partial charge < -0.3 is 5.41 Å². The Labute approximate surface area is 137 Å². The standard InChI is InChI=1S/C20H25NO2/c1-11-10-12-13-4-5-16(23)19(13,2)8-6-14(12)20(3)9-7-15(22)18(21)17(11)20/h7,9,12-14,17,21H,1,4-6,8,10H2,2-3H3/t12-,13-,14-,17?,19-,20+/m0/s1. The van der Waals surface area contributed by atoms with Gasteiger partial charge in [-0.1, -0.05) is 32.1 Å². The fourth-order valence-corrected chi connectivity index (χ4v) is 6.41. The summed E-state index contributed by atoms with van der Waals surface area (Å²) in [5.74, 6) is 1.52. The van der Waals surface area contributed by atoms with Crippen LogP contribution in [0.5, 0.6) is 0 Å². The molecule has 1 N–H and O–H groups in total. The Morgan fingerprint density at radius 2 is 1.96 bits per heavy atom. The summed E-state index contributed by atoms with van der Waals surface area (Å²) >= 11 is 0. The van der Waals surface area contributed by atoms with Gasteiger partial charge in [-0.3, -0.25) is 9.59 Å². The first-order chi connectivity index (χ1) is 10.8. The minimum absolute atomic E-state index is 0.136. The molecule has 6 atom stereocenters. The number of fused-ring (bicyclic) bond motifs is 5. The van der Waals surface area contributed by atoms with E-state index in [9.17, 15) is 9.59 Å². The van der Waals surface area contributed by atoms with Crippen molar-refractivity contribution in [3.63, 3.8) is 0 Å². The van der Waals surface area contributed by atoms with Crippen LogP contribution in [0.2, 0.25) is 0 Å². The van der Waals surface area contributed by atoms with Gasteiger partial charge in [0.05, 0.1) is 5.71 Å². The molecule has 3 nitrogen and oxygen atoms in total. The van der Waals surface area contributed by atoms with Gasteiger partial charge in [0.25, 0.3) is 0 Å². The smallest absolute Gasteiger partial charge is 0.199 e. The van der Waals surface area contributed by atoms with Gasteiger partial charge in [-0.05, 0) is 49.5 Å². The van der Waals surface area contributed by atoms with Crippen LogP contribution >= 0.6 is 0 Å². The average molecular weight is 311 g/mol. The predicted octanol–water partition coefficient (Wildman–Crippen LogP) is 3.74. The van der Waals surface area contributed by atoms with E-state index in [1.165, 1.54) is 0 Å². The van der Waals surface area contributed by atoms with Gasteiger partial charge in [-0.25, -0.2) is 0 Å². The van der Waals surface area contributed by atoms with E-state index < -0.39 is 0 Å². The summed E-state index contributed by atoms with van der Waals surface area (Å²) in [6.07, 6.45) is 8.24. The number of Topliss-reactive ketones (excluding diaryl/α,β-unsaturated/α-hetero) is 1. The van der Waals surface area contributed by atoms with Gasteiger partial charge >= 0.3 is 0 Å². The molecule has 0 radical (unpaired) electrons. The molecule has 4 rings (SSSR count). The summed E-state index contributed by atoms with van der Waals surface area (Å²) in [6, 6.07) is 0. The van der Waals surface area contributed by atoms with Crippen LogP contribution < -0.4 is 0 Å².